The molecular formula is C15H14Cl2FN. The Labute approximate surface area is 122 Å². The number of hydrogen-bond acceptors (Lipinski definition) is 1. The molecule has 0 spiro atoms. The molecule has 0 radical (unpaired) electrons. The van der Waals surface area contributed by atoms with Crippen LogP contribution in [0.5, 0.6) is 0 Å². The van der Waals surface area contributed by atoms with E-state index in [2.05, 4.69) is 0 Å². The molecule has 2 aromatic carbocycles. The van der Waals surface area contributed by atoms with Crippen LogP contribution in [0.2, 0.25) is 10.0 Å². The van der Waals surface area contributed by atoms with E-state index >= 15 is 0 Å². The molecule has 1 unspecified atom stereocenters. The second-order valence-electron chi connectivity index (χ2n) is 4.62. The van der Waals surface area contributed by atoms with Gasteiger partial charge in [0.1, 0.15) is 5.82 Å². The summed E-state index contributed by atoms with van der Waals surface area (Å²) in [6, 6.07) is 8.44. The van der Waals surface area contributed by atoms with Gasteiger partial charge < -0.3 is 5.73 Å². The third kappa shape index (κ3) is 2.92. The molecular weight excluding hydrogens is 284 g/mol. The Bertz CT molecular complexity index is 603. The van der Waals surface area contributed by atoms with Gasteiger partial charge in [-0.15, -0.1) is 0 Å². The third-order valence-electron chi connectivity index (χ3n) is 3.12. The Morgan fingerprint density at radius 3 is 2.05 bits per heavy atom. The second-order valence-corrected chi connectivity index (χ2v) is 5.43. The number of aryl methyl sites for hydroxylation is 2. The zero-order valence-electron chi connectivity index (χ0n) is 10.7. The van der Waals surface area contributed by atoms with Gasteiger partial charge in [0, 0.05) is 0 Å². The maximum atomic E-state index is 13.6. The van der Waals surface area contributed by atoms with Gasteiger partial charge in [-0.05, 0) is 48.2 Å². The molecule has 0 saturated heterocycles. The van der Waals surface area contributed by atoms with E-state index in [1.807, 2.05) is 6.07 Å². The number of halogens is 3. The monoisotopic (exact) mass is 297 g/mol. The fourth-order valence-corrected chi connectivity index (χ4v) is 2.36. The summed E-state index contributed by atoms with van der Waals surface area (Å²) in [5.74, 6) is -0.190. The summed E-state index contributed by atoms with van der Waals surface area (Å²) < 4.78 is 13.6. The molecule has 0 heterocycles. The second kappa shape index (κ2) is 5.49. The Morgan fingerprint density at radius 2 is 1.53 bits per heavy atom. The van der Waals surface area contributed by atoms with Crippen LogP contribution < -0.4 is 5.73 Å². The summed E-state index contributed by atoms with van der Waals surface area (Å²) in [5, 5.41) is 0.953. The highest BCUT2D eigenvalue weighted by Crippen LogP contribution is 2.29. The largest absolute Gasteiger partial charge is 0.320 e. The molecule has 19 heavy (non-hydrogen) atoms. The highest BCUT2D eigenvalue weighted by atomic mass is 35.5. The lowest BCUT2D eigenvalue weighted by Gasteiger charge is -2.15. The molecule has 1 atom stereocenters. The Morgan fingerprint density at radius 1 is 0.947 bits per heavy atom. The van der Waals surface area contributed by atoms with Crippen LogP contribution in [-0.4, -0.2) is 0 Å². The highest BCUT2D eigenvalue weighted by Gasteiger charge is 2.13. The van der Waals surface area contributed by atoms with E-state index < -0.39 is 0 Å². The van der Waals surface area contributed by atoms with Gasteiger partial charge in [-0.25, -0.2) is 4.39 Å². The molecule has 2 aromatic rings. The number of rotatable bonds is 2. The van der Waals surface area contributed by atoms with Gasteiger partial charge in [-0.2, -0.15) is 0 Å². The van der Waals surface area contributed by atoms with Crippen LogP contribution in [-0.2, 0) is 0 Å². The first-order valence-electron chi connectivity index (χ1n) is 5.87. The van der Waals surface area contributed by atoms with Crippen molar-refractivity contribution < 1.29 is 4.39 Å². The van der Waals surface area contributed by atoms with Gasteiger partial charge in [0.2, 0.25) is 0 Å². The molecule has 0 aliphatic carbocycles. The summed E-state index contributed by atoms with van der Waals surface area (Å²) in [6.45, 7) is 3.46. The fourth-order valence-electron chi connectivity index (χ4n) is 2.06. The zero-order valence-corrected chi connectivity index (χ0v) is 12.2. The minimum Gasteiger partial charge on any atom is -0.320 e. The molecule has 0 amide bonds. The summed E-state index contributed by atoms with van der Waals surface area (Å²) in [7, 11) is 0. The van der Waals surface area contributed by atoms with Gasteiger partial charge >= 0.3 is 0 Å². The van der Waals surface area contributed by atoms with E-state index in [0.29, 0.717) is 21.2 Å². The van der Waals surface area contributed by atoms with Gasteiger partial charge in [0.15, 0.2) is 0 Å². The smallest absolute Gasteiger partial charge is 0.129 e. The number of nitrogens with two attached hydrogens (primary N) is 1. The molecule has 0 saturated carbocycles. The third-order valence-corrected chi connectivity index (χ3v) is 3.86. The van der Waals surface area contributed by atoms with Crippen molar-refractivity contribution in [2.45, 2.75) is 19.9 Å². The SMILES string of the molecule is Cc1cc(C(N)c2ccc(Cl)c(Cl)c2)cc(C)c1F. The Kier molecular flexibility index (Phi) is 4.14. The molecule has 0 aliphatic rings. The average molecular weight is 298 g/mol. The van der Waals surface area contributed by atoms with Crippen LogP contribution in [0.3, 0.4) is 0 Å². The highest BCUT2D eigenvalue weighted by molar-refractivity contribution is 6.42. The van der Waals surface area contributed by atoms with Crippen molar-refractivity contribution in [3.8, 4) is 0 Å². The van der Waals surface area contributed by atoms with E-state index in [1.165, 1.54) is 0 Å². The molecule has 4 heteroatoms. The molecule has 0 aromatic heterocycles. The van der Waals surface area contributed by atoms with Gasteiger partial charge in [0.25, 0.3) is 0 Å². The van der Waals surface area contributed by atoms with Gasteiger partial charge in [-0.3, -0.25) is 0 Å². The first kappa shape index (κ1) is 14.3. The van der Waals surface area contributed by atoms with Crippen molar-refractivity contribution in [1.29, 1.82) is 0 Å². The average Bonchev–Trinajstić information content (AvgIpc) is 2.37. The van der Waals surface area contributed by atoms with Crippen molar-refractivity contribution in [2.24, 2.45) is 5.73 Å². The van der Waals surface area contributed by atoms with E-state index in [4.69, 9.17) is 28.9 Å². The number of benzene rings is 2. The van der Waals surface area contributed by atoms with E-state index in [1.54, 1.807) is 38.1 Å². The maximum absolute atomic E-state index is 13.6. The minimum atomic E-state index is -0.354. The van der Waals surface area contributed by atoms with Crippen LogP contribution in [0.1, 0.15) is 28.3 Å². The summed E-state index contributed by atoms with van der Waals surface area (Å²) in [5.41, 5.74) is 9.08. The van der Waals surface area contributed by atoms with Crippen molar-refractivity contribution in [3.05, 3.63) is 68.4 Å². The normalized spacial score (nSPS) is 12.5. The maximum Gasteiger partial charge on any atom is 0.129 e. The lowest BCUT2D eigenvalue weighted by Crippen LogP contribution is -2.12. The zero-order chi connectivity index (χ0) is 14.2. The predicted octanol–water partition coefficient (Wildman–Crippen LogP) is 4.80. The molecule has 2 N–H and O–H groups in total. The number of hydrogen-bond donors (Lipinski definition) is 1. The van der Waals surface area contributed by atoms with Crippen LogP contribution in [0.4, 0.5) is 4.39 Å². The Balaban J connectivity index is 2.43. The van der Waals surface area contributed by atoms with Crippen molar-refractivity contribution in [2.75, 3.05) is 0 Å². The van der Waals surface area contributed by atoms with E-state index in [9.17, 15) is 4.39 Å². The van der Waals surface area contributed by atoms with E-state index in [0.717, 1.165) is 11.1 Å². The van der Waals surface area contributed by atoms with Crippen LogP contribution >= 0.6 is 23.2 Å². The molecule has 2 rings (SSSR count). The molecule has 0 bridgehead atoms. The Hall–Kier alpha value is -1.09. The summed E-state index contributed by atoms with van der Waals surface area (Å²) >= 11 is 11.9. The van der Waals surface area contributed by atoms with E-state index in [-0.39, 0.29) is 11.9 Å². The van der Waals surface area contributed by atoms with Crippen LogP contribution in [0.25, 0.3) is 0 Å². The van der Waals surface area contributed by atoms with Crippen molar-refractivity contribution >= 4 is 23.2 Å². The first-order valence-corrected chi connectivity index (χ1v) is 6.63. The van der Waals surface area contributed by atoms with Crippen molar-refractivity contribution in [3.63, 3.8) is 0 Å². The summed E-state index contributed by atoms with van der Waals surface area (Å²) in [4.78, 5) is 0. The minimum absolute atomic E-state index is 0.190. The topological polar surface area (TPSA) is 26.0 Å². The van der Waals surface area contributed by atoms with Crippen LogP contribution in [0.15, 0.2) is 30.3 Å². The fraction of sp³-hybridized carbons (Fsp3) is 0.200. The lowest BCUT2D eigenvalue weighted by atomic mass is 9.96. The molecule has 0 aliphatic heterocycles. The quantitative estimate of drug-likeness (QED) is 0.847. The lowest BCUT2D eigenvalue weighted by molar-refractivity contribution is 0.607. The van der Waals surface area contributed by atoms with Crippen molar-refractivity contribution in [1.82, 2.24) is 0 Å². The standard InChI is InChI=1S/C15H14Cl2FN/c1-8-5-11(6-9(2)14(8)18)15(19)10-3-4-12(16)13(17)7-10/h3-7,15H,19H2,1-2H3. The molecule has 0 fully saturated rings. The molecule has 100 valence electrons. The predicted molar refractivity (Wildman–Crippen MR) is 78.4 cm³/mol. The first-order chi connectivity index (χ1) is 8.90. The van der Waals surface area contributed by atoms with Gasteiger partial charge in [0.05, 0.1) is 16.1 Å². The van der Waals surface area contributed by atoms with Crippen LogP contribution in [0, 0.1) is 19.7 Å². The molecule has 1 nitrogen and oxygen atoms in total. The van der Waals surface area contributed by atoms with Gasteiger partial charge in [-0.1, -0.05) is 41.4 Å². The summed E-state index contributed by atoms with van der Waals surface area (Å²) in [6.07, 6.45) is 0.